The Morgan fingerprint density at radius 2 is 1.76 bits per heavy atom. The molecule has 0 unspecified atom stereocenters. The molecule has 0 fully saturated rings. The SMILES string of the molecule is CCCCN(C)Cc1cn[nH]c1-c1ccc(OCCOc2cccc(C)c2)cc1. The molecule has 3 rings (SSSR count). The molecule has 0 spiro atoms. The lowest BCUT2D eigenvalue weighted by molar-refractivity contribution is 0.217. The lowest BCUT2D eigenvalue weighted by Gasteiger charge is -2.16. The number of nitrogens with zero attached hydrogens (tertiary/aromatic N) is 2. The zero-order chi connectivity index (χ0) is 20.5. The van der Waals surface area contributed by atoms with E-state index < -0.39 is 0 Å². The maximum atomic E-state index is 5.81. The van der Waals surface area contributed by atoms with Crippen molar-refractivity contribution in [2.75, 3.05) is 26.8 Å². The first kappa shape index (κ1) is 20.9. The number of aromatic nitrogens is 2. The van der Waals surface area contributed by atoms with Crippen LogP contribution in [0.2, 0.25) is 0 Å². The molecule has 0 saturated heterocycles. The molecule has 1 N–H and O–H groups in total. The highest BCUT2D eigenvalue weighted by atomic mass is 16.5. The first-order chi connectivity index (χ1) is 14.2. The van der Waals surface area contributed by atoms with Gasteiger partial charge in [0.25, 0.3) is 0 Å². The van der Waals surface area contributed by atoms with Gasteiger partial charge in [0, 0.05) is 17.7 Å². The molecular formula is C24H31N3O2. The average Bonchev–Trinajstić information content (AvgIpc) is 3.18. The second-order valence-electron chi connectivity index (χ2n) is 7.40. The van der Waals surface area contributed by atoms with Crippen LogP contribution < -0.4 is 9.47 Å². The maximum absolute atomic E-state index is 5.81. The monoisotopic (exact) mass is 393 g/mol. The molecule has 5 nitrogen and oxygen atoms in total. The van der Waals surface area contributed by atoms with Gasteiger partial charge in [-0.25, -0.2) is 0 Å². The summed E-state index contributed by atoms with van der Waals surface area (Å²) >= 11 is 0. The van der Waals surface area contributed by atoms with Gasteiger partial charge in [-0.2, -0.15) is 5.10 Å². The van der Waals surface area contributed by atoms with Crippen molar-refractivity contribution in [1.82, 2.24) is 15.1 Å². The molecule has 0 aliphatic carbocycles. The zero-order valence-electron chi connectivity index (χ0n) is 17.6. The molecule has 0 radical (unpaired) electrons. The molecular weight excluding hydrogens is 362 g/mol. The minimum Gasteiger partial charge on any atom is -0.490 e. The number of hydrogen-bond donors (Lipinski definition) is 1. The lowest BCUT2D eigenvalue weighted by Crippen LogP contribution is -2.19. The van der Waals surface area contributed by atoms with E-state index in [4.69, 9.17) is 9.47 Å². The Labute approximate surface area is 173 Å². The summed E-state index contributed by atoms with van der Waals surface area (Å²) in [6, 6.07) is 16.2. The molecule has 0 amide bonds. The second kappa shape index (κ2) is 10.7. The fourth-order valence-electron chi connectivity index (χ4n) is 3.22. The van der Waals surface area contributed by atoms with Gasteiger partial charge in [0.05, 0.1) is 11.9 Å². The Balaban J connectivity index is 1.51. The van der Waals surface area contributed by atoms with Crippen molar-refractivity contribution < 1.29 is 9.47 Å². The molecule has 2 aromatic carbocycles. The minimum absolute atomic E-state index is 0.505. The molecule has 0 bridgehead atoms. The quantitative estimate of drug-likeness (QED) is 0.462. The number of hydrogen-bond acceptors (Lipinski definition) is 4. The summed E-state index contributed by atoms with van der Waals surface area (Å²) in [5.74, 6) is 1.71. The number of unbranched alkanes of at least 4 members (excludes halogenated alkanes) is 1. The Kier molecular flexibility index (Phi) is 7.70. The van der Waals surface area contributed by atoms with E-state index in [1.165, 1.54) is 24.0 Å². The van der Waals surface area contributed by atoms with Crippen LogP contribution in [-0.4, -0.2) is 41.9 Å². The summed E-state index contributed by atoms with van der Waals surface area (Å²) in [7, 11) is 2.15. The minimum atomic E-state index is 0.505. The van der Waals surface area contributed by atoms with Crippen molar-refractivity contribution in [3.05, 3.63) is 65.9 Å². The highest BCUT2D eigenvalue weighted by molar-refractivity contribution is 5.63. The van der Waals surface area contributed by atoms with Crippen molar-refractivity contribution in [2.24, 2.45) is 0 Å². The molecule has 0 saturated carbocycles. The van der Waals surface area contributed by atoms with E-state index in [9.17, 15) is 0 Å². The van der Waals surface area contributed by atoms with Crippen molar-refractivity contribution in [2.45, 2.75) is 33.2 Å². The maximum Gasteiger partial charge on any atom is 0.122 e. The van der Waals surface area contributed by atoms with Gasteiger partial charge in [0.2, 0.25) is 0 Å². The standard InChI is InChI=1S/C24H31N3O2/c1-4-5-13-27(3)18-21-17-25-26-24(21)20-9-11-22(12-10-20)28-14-15-29-23-8-6-7-19(2)16-23/h6-12,16-17H,4-5,13-15,18H2,1-3H3,(H,25,26). The third kappa shape index (κ3) is 6.36. The Morgan fingerprint density at radius 3 is 2.48 bits per heavy atom. The fraction of sp³-hybridized carbons (Fsp3) is 0.375. The first-order valence-electron chi connectivity index (χ1n) is 10.3. The molecule has 0 atom stereocenters. The molecule has 3 aromatic rings. The number of H-pyrrole nitrogens is 1. The molecule has 1 heterocycles. The molecule has 0 aliphatic rings. The summed E-state index contributed by atoms with van der Waals surface area (Å²) in [6.07, 6.45) is 4.34. The Bertz CT molecular complexity index is 874. The number of aromatic amines is 1. The molecule has 29 heavy (non-hydrogen) atoms. The largest absolute Gasteiger partial charge is 0.490 e. The van der Waals surface area contributed by atoms with Gasteiger partial charge < -0.3 is 14.4 Å². The van der Waals surface area contributed by atoms with Gasteiger partial charge in [-0.1, -0.05) is 25.5 Å². The number of nitrogens with one attached hydrogen (secondary N) is 1. The van der Waals surface area contributed by atoms with Crippen LogP contribution in [0.25, 0.3) is 11.3 Å². The average molecular weight is 394 g/mol. The summed E-state index contributed by atoms with van der Waals surface area (Å²) < 4.78 is 11.5. The third-order valence-corrected chi connectivity index (χ3v) is 4.80. The summed E-state index contributed by atoms with van der Waals surface area (Å²) in [6.45, 7) is 7.28. The van der Waals surface area contributed by atoms with Gasteiger partial charge in [0.1, 0.15) is 24.7 Å². The van der Waals surface area contributed by atoms with E-state index in [0.717, 1.165) is 35.8 Å². The highest BCUT2D eigenvalue weighted by Gasteiger charge is 2.10. The fourth-order valence-corrected chi connectivity index (χ4v) is 3.22. The molecule has 154 valence electrons. The van der Waals surface area contributed by atoms with Crippen LogP contribution >= 0.6 is 0 Å². The number of benzene rings is 2. The number of aryl methyl sites for hydroxylation is 1. The molecule has 0 aliphatic heterocycles. The van der Waals surface area contributed by atoms with E-state index in [2.05, 4.69) is 54.2 Å². The first-order valence-corrected chi connectivity index (χ1v) is 10.3. The normalized spacial score (nSPS) is 11.0. The van der Waals surface area contributed by atoms with Crippen molar-refractivity contribution in [3.8, 4) is 22.8 Å². The predicted octanol–water partition coefficient (Wildman–Crippen LogP) is 5.07. The lowest BCUT2D eigenvalue weighted by atomic mass is 10.1. The predicted molar refractivity (Wildman–Crippen MR) is 117 cm³/mol. The van der Waals surface area contributed by atoms with Crippen LogP contribution in [-0.2, 0) is 6.54 Å². The van der Waals surface area contributed by atoms with Gasteiger partial charge in [-0.3, -0.25) is 5.10 Å². The molecule has 5 heteroatoms. The molecule has 1 aromatic heterocycles. The Morgan fingerprint density at radius 1 is 1.00 bits per heavy atom. The van der Waals surface area contributed by atoms with E-state index in [1.807, 2.05) is 36.5 Å². The van der Waals surface area contributed by atoms with Crippen LogP contribution in [0, 0.1) is 6.92 Å². The Hall–Kier alpha value is -2.79. The summed E-state index contributed by atoms with van der Waals surface area (Å²) in [4.78, 5) is 2.34. The van der Waals surface area contributed by atoms with E-state index in [-0.39, 0.29) is 0 Å². The number of rotatable bonds is 11. The van der Waals surface area contributed by atoms with E-state index in [0.29, 0.717) is 13.2 Å². The second-order valence-corrected chi connectivity index (χ2v) is 7.40. The van der Waals surface area contributed by atoms with Crippen LogP contribution in [0.4, 0.5) is 0 Å². The summed E-state index contributed by atoms with van der Waals surface area (Å²) in [5, 5.41) is 7.39. The summed E-state index contributed by atoms with van der Waals surface area (Å²) in [5.41, 5.74) is 4.59. The van der Waals surface area contributed by atoms with Crippen LogP contribution in [0.3, 0.4) is 0 Å². The van der Waals surface area contributed by atoms with Crippen molar-refractivity contribution >= 4 is 0 Å². The zero-order valence-corrected chi connectivity index (χ0v) is 17.6. The van der Waals surface area contributed by atoms with Crippen LogP contribution in [0.15, 0.2) is 54.7 Å². The topological polar surface area (TPSA) is 50.4 Å². The van der Waals surface area contributed by atoms with E-state index >= 15 is 0 Å². The van der Waals surface area contributed by atoms with Crippen LogP contribution in [0.1, 0.15) is 30.9 Å². The highest BCUT2D eigenvalue weighted by Crippen LogP contribution is 2.24. The van der Waals surface area contributed by atoms with E-state index in [1.54, 1.807) is 0 Å². The van der Waals surface area contributed by atoms with Crippen molar-refractivity contribution in [3.63, 3.8) is 0 Å². The van der Waals surface area contributed by atoms with Crippen molar-refractivity contribution in [1.29, 1.82) is 0 Å². The van der Waals surface area contributed by atoms with Gasteiger partial charge in [0.15, 0.2) is 0 Å². The third-order valence-electron chi connectivity index (χ3n) is 4.80. The van der Waals surface area contributed by atoms with Gasteiger partial charge in [-0.15, -0.1) is 0 Å². The van der Waals surface area contributed by atoms with Crippen LogP contribution in [0.5, 0.6) is 11.5 Å². The van der Waals surface area contributed by atoms with Gasteiger partial charge >= 0.3 is 0 Å². The number of ether oxygens (including phenoxy) is 2. The smallest absolute Gasteiger partial charge is 0.122 e. The van der Waals surface area contributed by atoms with Gasteiger partial charge in [-0.05, 0) is 68.9 Å².